The molecular formula is C12H10FN3O4S. The second kappa shape index (κ2) is 5.44. The summed E-state index contributed by atoms with van der Waals surface area (Å²) in [6.45, 7) is 1.57. The van der Waals surface area contributed by atoms with Crippen molar-refractivity contribution in [3.05, 3.63) is 58.0 Å². The normalized spacial score (nSPS) is 11.1. The first-order valence-electron chi connectivity index (χ1n) is 5.69. The molecular weight excluding hydrogens is 301 g/mol. The molecule has 0 saturated heterocycles. The van der Waals surface area contributed by atoms with Crippen LogP contribution in [0.1, 0.15) is 5.56 Å². The highest BCUT2D eigenvalue weighted by atomic mass is 32.2. The number of aryl methyl sites for hydroxylation is 1. The number of rotatable bonds is 4. The van der Waals surface area contributed by atoms with Crippen LogP contribution in [0.15, 0.2) is 41.6 Å². The van der Waals surface area contributed by atoms with Gasteiger partial charge in [-0.25, -0.2) is 9.37 Å². The zero-order valence-electron chi connectivity index (χ0n) is 10.8. The van der Waals surface area contributed by atoms with Gasteiger partial charge in [-0.3, -0.25) is 14.8 Å². The number of hydrogen-bond acceptors (Lipinski definition) is 5. The molecule has 2 aromatic rings. The molecule has 0 radical (unpaired) electrons. The third-order valence-electron chi connectivity index (χ3n) is 2.66. The summed E-state index contributed by atoms with van der Waals surface area (Å²) in [7, 11) is -4.27. The Bertz CT molecular complexity index is 808. The van der Waals surface area contributed by atoms with Gasteiger partial charge < -0.3 is 0 Å². The molecule has 0 aliphatic carbocycles. The lowest BCUT2D eigenvalue weighted by Crippen LogP contribution is -2.17. The highest BCUT2D eigenvalue weighted by molar-refractivity contribution is 7.92. The Hall–Kier alpha value is -2.55. The van der Waals surface area contributed by atoms with Crippen molar-refractivity contribution in [2.45, 2.75) is 11.9 Å². The first-order chi connectivity index (χ1) is 9.81. The van der Waals surface area contributed by atoms with E-state index < -0.39 is 25.8 Å². The molecule has 0 aliphatic heterocycles. The van der Waals surface area contributed by atoms with E-state index in [2.05, 4.69) is 9.71 Å². The van der Waals surface area contributed by atoms with Crippen LogP contribution in [0.2, 0.25) is 0 Å². The molecule has 1 N–H and O–H groups in total. The number of nitrogens with one attached hydrogen (secondary N) is 1. The predicted molar refractivity (Wildman–Crippen MR) is 72.8 cm³/mol. The predicted octanol–water partition coefficient (Wildman–Crippen LogP) is 2.24. The summed E-state index contributed by atoms with van der Waals surface area (Å²) in [6.07, 6.45) is 1.14. The standard InChI is InChI=1S/C12H10FN3O4S/c1-8-4-5-9(16(17)18)7-11(8)15-21(19,20)12-10(13)3-2-6-14-12/h2-7,15H,1H3. The summed E-state index contributed by atoms with van der Waals surface area (Å²) in [5, 5.41) is 9.94. The molecule has 0 amide bonds. The van der Waals surface area contributed by atoms with E-state index in [0.29, 0.717) is 5.56 Å². The van der Waals surface area contributed by atoms with E-state index >= 15 is 0 Å². The lowest BCUT2D eigenvalue weighted by atomic mass is 10.2. The highest BCUT2D eigenvalue weighted by Crippen LogP contribution is 2.24. The zero-order valence-corrected chi connectivity index (χ0v) is 11.6. The molecule has 1 aromatic heterocycles. The average molecular weight is 311 g/mol. The number of hydrogen-bond donors (Lipinski definition) is 1. The van der Waals surface area contributed by atoms with E-state index in [1.807, 2.05) is 0 Å². The molecule has 1 aromatic carbocycles. The summed E-state index contributed by atoms with van der Waals surface area (Å²) < 4.78 is 39.8. The van der Waals surface area contributed by atoms with Crippen molar-refractivity contribution >= 4 is 21.4 Å². The van der Waals surface area contributed by atoms with Gasteiger partial charge in [0.1, 0.15) is 0 Å². The molecule has 0 spiro atoms. The number of nitro groups is 1. The molecule has 7 nitrogen and oxygen atoms in total. The van der Waals surface area contributed by atoms with Gasteiger partial charge in [0.05, 0.1) is 10.6 Å². The molecule has 9 heteroatoms. The Morgan fingerprint density at radius 2 is 2.05 bits per heavy atom. The zero-order chi connectivity index (χ0) is 15.6. The molecule has 0 fully saturated rings. The van der Waals surface area contributed by atoms with Gasteiger partial charge in [-0.1, -0.05) is 6.07 Å². The molecule has 110 valence electrons. The molecule has 0 aliphatic rings. The minimum atomic E-state index is -4.27. The molecule has 1 heterocycles. The minimum absolute atomic E-state index is 0.00532. The van der Waals surface area contributed by atoms with Crippen LogP contribution in [-0.2, 0) is 10.0 Å². The fourth-order valence-corrected chi connectivity index (χ4v) is 2.73. The number of aromatic nitrogens is 1. The summed E-state index contributed by atoms with van der Waals surface area (Å²) in [5.74, 6) is -1.01. The SMILES string of the molecule is Cc1ccc([N+](=O)[O-])cc1NS(=O)(=O)c1ncccc1F. The van der Waals surface area contributed by atoms with Crippen LogP contribution in [0.25, 0.3) is 0 Å². The third-order valence-corrected chi connectivity index (χ3v) is 3.95. The molecule has 0 unspecified atom stereocenters. The molecule has 2 rings (SSSR count). The van der Waals surface area contributed by atoms with Gasteiger partial charge >= 0.3 is 0 Å². The van der Waals surface area contributed by atoms with Crippen molar-refractivity contribution in [3.8, 4) is 0 Å². The van der Waals surface area contributed by atoms with E-state index in [4.69, 9.17) is 0 Å². The number of nitrogens with zero attached hydrogens (tertiary/aromatic N) is 2. The first-order valence-corrected chi connectivity index (χ1v) is 7.18. The van der Waals surface area contributed by atoms with Crippen LogP contribution in [0.5, 0.6) is 0 Å². The quantitative estimate of drug-likeness (QED) is 0.689. The maximum atomic E-state index is 13.5. The fraction of sp³-hybridized carbons (Fsp3) is 0.0833. The Morgan fingerprint density at radius 3 is 2.67 bits per heavy atom. The van der Waals surface area contributed by atoms with Gasteiger partial charge in [0.15, 0.2) is 5.82 Å². The average Bonchev–Trinajstić information content (AvgIpc) is 2.41. The van der Waals surface area contributed by atoms with Crippen LogP contribution < -0.4 is 4.72 Å². The Kier molecular flexibility index (Phi) is 3.85. The van der Waals surface area contributed by atoms with Gasteiger partial charge in [-0.2, -0.15) is 8.42 Å². The maximum absolute atomic E-state index is 13.5. The second-order valence-electron chi connectivity index (χ2n) is 4.15. The lowest BCUT2D eigenvalue weighted by Gasteiger charge is -2.10. The van der Waals surface area contributed by atoms with Gasteiger partial charge in [0.25, 0.3) is 15.7 Å². The molecule has 0 atom stereocenters. The second-order valence-corrected chi connectivity index (χ2v) is 5.75. The molecule has 0 bridgehead atoms. The first kappa shape index (κ1) is 14.9. The molecule has 21 heavy (non-hydrogen) atoms. The van der Waals surface area contributed by atoms with Crippen LogP contribution in [0, 0.1) is 22.9 Å². The monoisotopic (exact) mass is 311 g/mol. The van der Waals surface area contributed by atoms with E-state index in [9.17, 15) is 22.9 Å². The summed E-state index contributed by atoms with van der Waals surface area (Å²) in [5.41, 5.74) is 0.176. The summed E-state index contributed by atoms with van der Waals surface area (Å²) in [6, 6.07) is 5.92. The number of halogens is 1. The van der Waals surface area contributed by atoms with E-state index in [0.717, 1.165) is 18.3 Å². The van der Waals surface area contributed by atoms with Gasteiger partial charge in [0, 0.05) is 18.3 Å². The topological polar surface area (TPSA) is 102 Å². The summed E-state index contributed by atoms with van der Waals surface area (Å²) in [4.78, 5) is 13.5. The number of sulfonamides is 1. The van der Waals surface area contributed by atoms with Gasteiger partial charge in [0.2, 0.25) is 5.03 Å². The number of non-ortho nitro benzene ring substituents is 1. The maximum Gasteiger partial charge on any atom is 0.282 e. The Labute approximate surface area is 119 Å². The Morgan fingerprint density at radius 1 is 1.33 bits per heavy atom. The van der Waals surface area contributed by atoms with Crippen molar-refractivity contribution in [1.29, 1.82) is 0 Å². The van der Waals surface area contributed by atoms with Crippen molar-refractivity contribution in [1.82, 2.24) is 4.98 Å². The lowest BCUT2D eigenvalue weighted by molar-refractivity contribution is -0.384. The van der Waals surface area contributed by atoms with Crippen LogP contribution in [0.4, 0.5) is 15.8 Å². The Balaban J connectivity index is 2.44. The van der Waals surface area contributed by atoms with E-state index in [1.54, 1.807) is 6.92 Å². The fourth-order valence-electron chi connectivity index (χ4n) is 1.60. The van der Waals surface area contributed by atoms with Crippen molar-refractivity contribution in [2.24, 2.45) is 0 Å². The van der Waals surface area contributed by atoms with Gasteiger partial charge in [-0.05, 0) is 24.6 Å². The van der Waals surface area contributed by atoms with Crippen LogP contribution >= 0.6 is 0 Å². The van der Waals surface area contributed by atoms with Gasteiger partial charge in [-0.15, -0.1) is 0 Å². The van der Waals surface area contributed by atoms with E-state index in [-0.39, 0.29) is 11.4 Å². The third kappa shape index (κ3) is 3.14. The molecule has 0 saturated carbocycles. The number of pyridine rings is 1. The van der Waals surface area contributed by atoms with Crippen molar-refractivity contribution in [3.63, 3.8) is 0 Å². The summed E-state index contributed by atoms with van der Waals surface area (Å²) >= 11 is 0. The minimum Gasteiger partial charge on any atom is -0.278 e. The largest absolute Gasteiger partial charge is 0.282 e. The van der Waals surface area contributed by atoms with Crippen molar-refractivity contribution < 1.29 is 17.7 Å². The highest BCUT2D eigenvalue weighted by Gasteiger charge is 2.22. The number of benzene rings is 1. The van der Waals surface area contributed by atoms with Crippen LogP contribution in [-0.4, -0.2) is 18.3 Å². The van der Waals surface area contributed by atoms with Crippen molar-refractivity contribution in [2.75, 3.05) is 4.72 Å². The number of anilines is 1. The number of nitro benzene ring substituents is 1. The van der Waals surface area contributed by atoms with Crippen LogP contribution in [0.3, 0.4) is 0 Å². The van der Waals surface area contributed by atoms with E-state index in [1.165, 1.54) is 18.2 Å². The smallest absolute Gasteiger partial charge is 0.278 e.